The van der Waals surface area contributed by atoms with E-state index in [0.717, 1.165) is 5.56 Å². The zero-order valence-electron chi connectivity index (χ0n) is 15.8. The first-order chi connectivity index (χ1) is 13.6. The maximum atomic E-state index is 14.0. The minimum absolute atomic E-state index is 0.200. The highest BCUT2D eigenvalue weighted by molar-refractivity contribution is 5.99. The summed E-state index contributed by atoms with van der Waals surface area (Å²) in [6.45, 7) is 4.32. The van der Waals surface area contributed by atoms with Gasteiger partial charge in [-0.2, -0.15) is 5.10 Å². The number of benzene rings is 1. The first kappa shape index (κ1) is 18.2. The summed E-state index contributed by atoms with van der Waals surface area (Å²) < 4.78 is 21.7. The first-order valence-corrected chi connectivity index (χ1v) is 9.44. The number of hydrogen-bond acceptors (Lipinski definition) is 5. The molecule has 2 bridgehead atoms. The second kappa shape index (κ2) is 7.46. The van der Waals surface area contributed by atoms with Gasteiger partial charge in [0.2, 0.25) is 0 Å². The van der Waals surface area contributed by atoms with Gasteiger partial charge in [0.05, 0.1) is 18.8 Å². The van der Waals surface area contributed by atoms with Gasteiger partial charge in [-0.05, 0) is 37.1 Å². The van der Waals surface area contributed by atoms with Crippen molar-refractivity contribution in [3.63, 3.8) is 0 Å². The molecule has 0 saturated heterocycles. The quantitative estimate of drug-likeness (QED) is 0.710. The number of rotatable bonds is 2. The normalized spacial score (nSPS) is 19.6. The van der Waals surface area contributed by atoms with E-state index >= 15 is 0 Å². The molecule has 1 aromatic carbocycles. The molecule has 2 N–H and O–H groups in total. The Morgan fingerprint density at radius 2 is 2.14 bits per heavy atom. The van der Waals surface area contributed by atoms with Gasteiger partial charge in [-0.15, -0.1) is 0 Å². The smallest absolute Gasteiger partial charge is 0.256 e. The fourth-order valence-corrected chi connectivity index (χ4v) is 3.34. The molecule has 0 saturated carbocycles. The highest BCUT2D eigenvalue weighted by Gasteiger charge is 2.22. The third kappa shape index (κ3) is 3.37. The Morgan fingerprint density at radius 1 is 1.29 bits per heavy atom. The summed E-state index contributed by atoms with van der Waals surface area (Å²) in [5.41, 5.74) is 1.58. The molecule has 28 heavy (non-hydrogen) atoms. The Balaban J connectivity index is 1.84. The van der Waals surface area contributed by atoms with Gasteiger partial charge >= 0.3 is 0 Å². The van der Waals surface area contributed by atoms with Gasteiger partial charge in [0.1, 0.15) is 29.1 Å². The van der Waals surface area contributed by atoms with E-state index in [4.69, 9.17) is 4.74 Å². The highest BCUT2D eigenvalue weighted by atomic mass is 19.1. The summed E-state index contributed by atoms with van der Waals surface area (Å²) in [4.78, 5) is 17.2. The number of ether oxygens (including phenoxy) is 1. The van der Waals surface area contributed by atoms with Crippen LogP contribution in [-0.2, 0) is 0 Å². The number of anilines is 1. The molecular weight excluding hydrogens is 361 g/mol. The Morgan fingerprint density at radius 3 is 2.93 bits per heavy atom. The maximum Gasteiger partial charge on any atom is 0.256 e. The van der Waals surface area contributed by atoms with Crippen LogP contribution in [0.25, 0.3) is 5.65 Å². The molecule has 1 aliphatic rings. The van der Waals surface area contributed by atoms with Gasteiger partial charge < -0.3 is 15.4 Å². The SMILES string of the molecule is CCC1CNC(=O)c2cnn3ccc(nc23)N[C@H](CC)c2cc(F)ccc2O1. The third-order valence-corrected chi connectivity index (χ3v) is 4.93. The van der Waals surface area contributed by atoms with Crippen molar-refractivity contribution in [2.24, 2.45) is 0 Å². The summed E-state index contributed by atoms with van der Waals surface area (Å²) in [6.07, 6.45) is 4.40. The van der Waals surface area contributed by atoms with Gasteiger partial charge in [0.15, 0.2) is 5.65 Å². The summed E-state index contributed by atoms with van der Waals surface area (Å²) in [7, 11) is 0. The summed E-state index contributed by atoms with van der Waals surface area (Å²) >= 11 is 0. The maximum absolute atomic E-state index is 14.0. The molecule has 3 aromatic rings. The van der Waals surface area contributed by atoms with E-state index in [1.807, 2.05) is 13.8 Å². The van der Waals surface area contributed by atoms with Crippen molar-refractivity contribution in [2.45, 2.75) is 38.8 Å². The average molecular weight is 383 g/mol. The van der Waals surface area contributed by atoms with Crippen LogP contribution >= 0.6 is 0 Å². The molecule has 0 spiro atoms. The lowest BCUT2D eigenvalue weighted by Crippen LogP contribution is -2.35. The molecule has 146 valence electrons. The second-order valence-corrected chi connectivity index (χ2v) is 6.78. The lowest BCUT2D eigenvalue weighted by molar-refractivity contribution is 0.0927. The molecule has 7 nitrogen and oxygen atoms in total. The van der Waals surface area contributed by atoms with Gasteiger partial charge in [-0.1, -0.05) is 13.8 Å². The fraction of sp³-hybridized carbons (Fsp3) is 0.350. The molecule has 2 atom stereocenters. The number of hydrogen-bond donors (Lipinski definition) is 2. The van der Waals surface area contributed by atoms with Crippen molar-refractivity contribution in [3.8, 4) is 5.75 Å². The molecule has 0 fully saturated rings. The molecule has 1 aliphatic heterocycles. The fourth-order valence-electron chi connectivity index (χ4n) is 3.34. The van der Waals surface area contributed by atoms with Crippen LogP contribution in [0.4, 0.5) is 10.2 Å². The molecule has 1 unspecified atom stereocenters. The zero-order valence-corrected chi connectivity index (χ0v) is 15.8. The predicted octanol–water partition coefficient (Wildman–Crippen LogP) is 3.33. The number of carbonyl (C=O) groups is 1. The number of nitrogens with one attached hydrogen (secondary N) is 2. The van der Waals surface area contributed by atoms with Crippen LogP contribution in [0.1, 0.15) is 48.7 Å². The number of halogens is 1. The van der Waals surface area contributed by atoms with Gasteiger partial charge in [-0.25, -0.2) is 13.9 Å². The third-order valence-electron chi connectivity index (χ3n) is 4.93. The molecule has 0 aliphatic carbocycles. The Bertz CT molecular complexity index is 1020. The van der Waals surface area contributed by atoms with Crippen LogP contribution in [0.5, 0.6) is 5.75 Å². The summed E-state index contributed by atoms with van der Waals surface area (Å²) in [5.74, 6) is 0.600. The number of nitrogens with zero attached hydrogens (tertiary/aromatic N) is 3. The molecule has 0 radical (unpaired) electrons. The van der Waals surface area contributed by atoms with Crippen molar-refractivity contribution in [2.75, 3.05) is 11.9 Å². The van der Waals surface area contributed by atoms with E-state index < -0.39 is 0 Å². The predicted molar refractivity (Wildman–Crippen MR) is 103 cm³/mol. The van der Waals surface area contributed by atoms with E-state index in [1.165, 1.54) is 18.3 Å². The van der Waals surface area contributed by atoms with Crippen LogP contribution in [-0.4, -0.2) is 33.2 Å². The number of carbonyl (C=O) groups excluding carboxylic acids is 1. The largest absolute Gasteiger partial charge is 0.488 e. The van der Waals surface area contributed by atoms with Crippen molar-refractivity contribution in [1.29, 1.82) is 0 Å². The lowest BCUT2D eigenvalue weighted by Gasteiger charge is -2.24. The molecule has 8 heteroatoms. The average Bonchev–Trinajstić information content (AvgIpc) is 3.12. The molecule has 3 heterocycles. The summed E-state index contributed by atoms with van der Waals surface area (Å²) in [5, 5.41) is 10.4. The van der Waals surface area contributed by atoms with Crippen LogP contribution in [0.2, 0.25) is 0 Å². The van der Waals surface area contributed by atoms with Crippen molar-refractivity contribution in [1.82, 2.24) is 19.9 Å². The minimum atomic E-state index is -0.324. The number of fused-ring (bicyclic) bond motifs is 2. The van der Waals surface area contributed by atoms with Crippen molar-refractivity contribution in [3.05, 3.63) is 53.6 Å². The van der Waals surface area contributed by atoms with Crippen LogP contribution in [0.15, 0.2) is 36.7 Å². The standard InChI is InChI=1S/C20H22FN5O2/c1-3-13-10-22-20(27)15-11-23-26-8-7-18(25-19(15)26)24-16(4-2)14-9-12(21)5-6-17(14)28-13/h5-9,11,13,16H,3-4,10H2,1-2H3,(H,22,27)(H,24,25)/t13?,16-/m1/s1. The molecular formula is C20H22FN5O2. The van der Waals surface area contributed by atoms with E-state index in [-0.39, 0.29) is 23.9 Å². The first-order valence-electron chi connectivity index (χ1n) is 9.44. The topological polar surface area (TPSA) is 80.6 Å². The van der Waals surface area contributed by atoms with E-state index in [9.17, 15) is 9.18 Å². The molecule has 2 aromatic heterocycles. The summed E-state index contributed by atoms with van der Waals surface area (Å²) in [6, 6.07) is 6.10. The van der Waals surface area contributed by atoms with Gasteiger partial charge in [0, 0.05) is 11.8 Å². The highest BCUT2D eigenvalue weighted by Crippen LogP contribution is 2.32. The zero-order chi connectivity index (χ0) is 19.7. The van der Waals surface area contributed by atoms with Gasteiger partial charge in [0.25, 0.3) is 5.91 Å². The van der Waals surface area contributed by atoms with E-state index in [1.54, 1.807) is 22.8 Å². The van der Waals surface area contributed by atoms with E-state index in [0.29, 0.717) is 42.2 Å². The Labute approximate surface area is 161 Å². The van der Waals surface area contributed by atoms with Crippen LogP contribution in [0, 0.1) is 5.82 Å². The monoisotopic (exact) mass is 383 g/mol. The second-order valence-electron chi connectivity index (χ2n) is 6.78. The molecule has 1 amide bonds. The Hall–Kier alpha value is -3.16. The van der Waals surface area contributed by atoms with E-state index in [2.05, 4.69) is 20.7 Å². The van der Waals surface area contributed by atoms with Crippen molar-refractivity contribution >= 4 is 17.4 Å². The van der Waals surface area contributed by atoms with Gasteiger partial charge in [-0.3, -0.25) is 4.79 Å². The number of amides is 1. The van der Waals surface area contributed by atoms with Crippen LogP contribution in [0.3, 0.4) is 0 Å². The Kier molecular flexibility index (Phi) is 4.85. The minimum Gasteiger partial charge on any atom is -0.488 e. The van der Waals surface area contributed by atoms with Crippen LogP contribution < -0.4 is 15.4 Å². The number of aromatic nitrogens is 3. The lowest BCUT2D eigenvalue weighted by atomic mass is 10.0. The van der Waals surface area contributed by atoms with Crippen molar-refractivity contribution < 1.29 is 13.9 Å². The molecule has 4 rings (SSSR count).